The Labute approximate surface area is 133 Å². The Morgan fingerprint density at radius 3 is 2.18 bits per heavy atom. The van der Waals surface area contributed by atoms with Gasteiger partial charge in [0.25, 0.3) is 0 Å². The largest absolute Gasteiger partial charge is 0.481 e. The van der Waals surface area contributed by atoms with Crippen molar-refractivity contribution in [2.75, 3.05) is 13.7 Å². The summed E-state index contributed by atoms with van der Waals surface area (Å²) in [6.07, 6.45) is 4.86. The summed E-state index contributed by atoms with van der Waals surface area (Å²) >= 11 is 0. The van der Waals surface area contributed by atoms with E-state index in [1.165, 1.54) is 0 Å². The van der Waals surface area contributed by atoms with Crippen LogP contribution in [0.3, 0.4) is 0 Å². The molecule has 0 radical (unpaired) electrons. The standard InChI is InChI=1S/C16H29NO4Si/c1-21-22(2,3)10-4-9-17-15(18)13-11-5-7-12(8-6-11)14(13)16(19)20/h11-14H,4-10H2,1-3H3,(H,17,18)(H,19,20). The van der Waals surface area contributed by atoms with Gasteiger partial charge in [0.1, 0.15) is 0 Å². The third-order valence-corrected chi connectivity index (χ3v) is 8.28. The highest BCUT2D eigenvalue weighted by Crippen LogP contribution is 2.49. The van der Waals surface area contributed by atoms with Gasteiger partial charge in [-0.1, -0.05) is 0 Å². The predicted octanol–water partition coefficient (Wildman–Crippen LogP) is 2.48. The van der Waals surface area contributed by atoms with Gasteiger partial charge in [0.15, 0.2) is 8.32 Å². The summed E-state index contributed by atoms with van der Waals surface area (Å²) < 4.78 is 5.50. The van der Waals surface area contributed by atoms with Crippen LogP contribution in [0.5, 0.6) is 0 Å². The van der Waals surface area contributed by atoms with Crippen molar-refractivity contribution in [3.05, 3.63) is 0 Å². The molecule has 0 aromatic carbocycles. The van der Waals surface area contributed by atoms with Gasteiger partial charge in [0.05, 0.1) is 11.8 Å². The lowest BCUT2D eigenvalue weighted by Crippen LogP contribution is -2.51. The number of hydrogen-bond donors (Lipinski definition) is 2. The molecule has 0 aromatic heterocycles. The van der Waals surface area contributed by atoms with Gasteiger partial charge in [-0.15, -0.1) is 0 Å². The molecule has 3 fully saturated rings. The quantitative estimate of drug-likeness (QED) is 0.556. The van der Waals surface area contributed by atoms with E-state index in [1.54, 1.807) is 7.11 Å². The lowest BCUT2D eigenvalue weighted by molar-refractivity contribution is -0.158. The number of aliphatic carboxylic acids is 1. The van der Waals surface area contributed by atoms with Crippen LogP contribution in [0.25, 0.3) is 0 Å². The predicted molar refractivity (Wildman–Crippen MR) is 87.0 cm³/mol. The molecule has 3 rings (SSSR count). The number of carbonyl (C=O) groups excluding carboxylic acids is 1. The van der Waals surface area contributed by atoms with E-state index in [1.807, 2.05) is 0 Å². The van der Waals surface area contributed by atoms with Crippen molar-refractivity contribution in [1.29, 1.82) is 0 Å². The van der Waals surface area contributed by atoms with E-state index >= 15 is 0 Å². The van der Waals surface area contributed by atoms with Crippen molar-refractivity contribution in [2.24, 2.45) is 23.7 Å². The maximum absolute atomic E-state index is 12.5. The van der Waals surface area contributed by atoms with Gasteiger partial charge >= 0.3 is 5.97 Å². The molecule has 0 aliphatic heterocycles. The van der Waals surface area contributed by atoms with E-state index in [2.05, 4.69) is 18.4 Å². The SMILES string of the molecule is CO[Si](C)(C)CCCNC(=O)C1C2CCC(CC2)C1C(=O)O. The Hall–Kier alpha value is -0.883. The fraction of sp³-hybridized carbons (Fsp3) is 0.875. The summed E-state index contributed by atoms with van der Waals surface area (Å²) in [7, 11) is 0.172. The zero-order valence-electron chi connectivity index (χ0n) is 13.9. The highest BCUT2D eigenvalue weighted by molar-refractivity contribution is 6.71. The van der Waals surface area contributed by atoms with E-state index in [4.69, 9.17) is 4.43 Å². The van der Waals surface area contributed by atoms with E-state index in [9.17, 15) is 14.7 Å². The summed E-state index contributed by atoms with van der Waals surface area (Å²) in [5, 5.41) is 12.5. The molecule has 0 heterocycles. The highest BCUT2D eigenvalue weighted by Gasteiger charge is 2.50. The second-order valence-corrected chi connectivity index (χ2v) is 11.9. The van der Waals surface area contributed by atoms with Gasteiger partial charge in [0.2, 0.25) is 5.91 Å². The van der Waals surface area contributed by atoms with Gasteiger partial charge < -0.3 is 14.8 Å². The Balaban J connectivity index is 1.87. The van der Waals surface area contributed by atoms with Crippen molar-refractivity contribution in [3.8, 4) is 0 Å². The van der Waals surface area contributed by atoms with Gasteiger partial charge in [-0.05, 0) is 63.1 Å². The van der Waals surface area contributed by atoms with Gasteiger partial charge in [-0.3, -0.25) is 9.59 Å². The van der Waals surface area contributed by atoms with Crippen LogP contribution in [0.2, 0.25) is 19.1 Å². The minimum absolute atomic E-state index is 0.0429. The highest BCUT2D eigenvalue weighted by atomic mass is 28.4. The van der Waals surface area contributed by atoms with Crippen molar-refractivity contribution in [1.82, 2.24) is 5.32 Å². The Morgan fingerprint density at radius 1 is 1.14 bits per heavy atom. The molecular formula is C16H29NO4Si. The van der Waals surface area contributed by atoms with Crippen LogP contribution < -0.4 is 5.32 Å². The first-order valence-corrected chi connectivity index (χ1v) is 11.5. The first-order chi connectivity index (χ1) is 10.4. The fourth-order valence-electron chi connectivity index (χ4n) is 4.13. The number of amides is 1. The average Bonchev–Trinajstić information content (AvgIpc) is 2.51. The molecular weight excluding hydrogens is 298 g/mol. The molecule has 1 amide bonds. The van der Waals surface area contributed by atoms with Crippen molar-refractivity contribution in [3.63, 3.8) is 0 Å². The lowest BCUT2D eigenvalue weighted by atomic mass is 9.58. The van der Waals surface area contributed by atoms with Crippen LogP contribution >= 0.6 is 0 Å². The Bertz CT molecular complexity index is 418. The molecule has 22 heavy (non-hydrogen) atoms. The molecule has 2 N–H and O–H groups in total. The van der Waals surface area contributed by atoms with E-state index < -0.39 is 20.2 Å². The number of rotatable bonds is 7. The molecule has 5 nitrogen and oxygen atoms in total. The van der Waals surface area contributed by atoms with Crippen molar-refractivity contribution < 1.29 is 19.1 Å². The number of hydrogen-bond acceptors (Lipinski definition) is 3. The van der Waals surface area contributed by atoms with Crippen LogP contribution in [0.1, 0.15) is 32.1 Å². The first-order valence-electron chi connectivity index (χ1n) is 8.41. The van der Waals surface area contributed by atoms with Gasteiger partial charge in [0, 0.05) is 13.7 Å². The van der Waals surface area contributed by atoms with Crippen molar-refractivity contribution >= 4 is 20.2 Å². The van der Waals surface area contributed by atoms with E-state index in [0.29, 0.717) is 6.54 Å². The van der Waals surface area contributed by atoms with E-state index in [-0.39, 0.29) is 23.7 Å². The van der Waals surface area contributed by atoms with Crippen LogP contribution in [0.15, 0.2) is 0 Å². The number of nitrogens with one attached hydrogen (secondary N) is 1. The number of carboxylic acids is 1. The lowest BCUT2D eigenvalue weighted by Gasteiger charge is -2.45. The third-order valence-electron chi connectivity index (χ3n) is 5.61. The molecule has 0 spiro atoms. The molecule has 0 aromatic rings. The summed E-state index contributed by atoms with van der Waals surface area (Å²) in [6, 6.07) is 1.00. The topological polar surface area (TPSA) is 75.6 Å². The molecule has 126 valence electrons. The van der Waals surface area contributed by atoms with Crippen molar-refractivity contribution in [2.45, 2.75) is 51.2 Å². The summed E-state index contributed by atoms with van der Waals surface area (Å²) in [4.78, 5) is 24.1. The molecule has 3 aliphatic rings. The first kappa shape index (κ1) is 17.5. The third kappa shape index (κ3) is 3.90. The van der Waals surface area contributed by atoms with Gasteiger partial charge in [-0.2, -0.15) is 0 Å². The monoisotopic (exact) mass is 327 g/mol. The zero-order chi connectivity index (χ0) is 16.3. The minimum Gasteiger partial charge on any atom is -0.481 e. The number of fused-ring (bicyclic) bond motifs is 3. The molecule has 2 atom stereocenters. The second kappa shape index (κ2) is 7.13. The number of carbonyl (C=O) groups is 2. The van der Waals surface area contributed by atoms with Gasteiger partial charge in [-0.25, -0.2) is 0 Å². The maximum Gasteiger partial charge on any atom is 0.307 e. The average molecular weight is 327 g/mol. The molecule has 6 heteroatoms. The molecule has 0 saturated heterocycles. The van der Waals surface area contributed by atoms with Crippen LogP contribution in [0, 0.1) is 23.7 Å². The zero-order valence-corrected chi connectivity index (χ0v) is 14.9. The Kier molecular flexibility index (Phi) is 5.66. The van der Waals surface area contributed by atoms with Crippen LogP contribution in [-0.2, 0) is 14.0 Å². The number of carboxylic acid groups (broad SMARTS) is 1. The molecule has 2 bridgehead atoms. The van der Waals surface area contributed by atoms with E-state index in [0.717, 1.165) is 38.1 Å². The molecule has 3 aliphatic carbocycles. The smallest absolute Gasteiger partial charge is 0.307 e. The second-order valence-electron chi connectivity index (χ2n) is 7.42. The summed E-state index contributed by atoms with van der Waals surface area (Å²) in [5.74, 6) is -1.18. The minimum atomic E-state index is -1.58. The Morgan fingerprint density at radius 2 is 1.68 bits per heavy atom. The molecule has 3 saturated carbocycles. The molecule has 2 unspecified atom stereocenters. The fourth-order valence-corrected chi connectivity index (χ4v) is 5.36. The summed E-state index contributed by atoms with van der Waals surface area (Å²) in [5.41, 5.74) is 0. The van der Waals surface area contributed by atoms with Crippen LogP contribution in [-0.4, -0.2) is 39.0 Å². The summed E-state index contributed by atoms with van der Waals surface area (Å²) in [6.45, 7) is 4.95. The maximum atomic E-state index is 12.5. The normalized spacial score (nSPS) is 31.0. The van der Waals surface area contributed by atoms with Crippen LogP contribution in [0.4, 0.5) is 0 Å².